The summed E-state index contributed by atoms with van der Waals surface area (Å²) < 4.78 is 1.96. The first-order chi connectivity index (χ1) is 6.89. The van der Waals surface area contributed by atoms with E-state index >= 15 is 0 Å². The summed E-state index contributed by atoms with van der Waals surface area (Å²) in [5.41, 5.74) is 1.18. The van der Waals surface area contributed by atoms with Crippen molar-refractivity contribution in [1.29, 1.82) is 0 Å². The fourth-order valence-electron chi connectivity index (χ4n) is 1.41. The highest BCUT2D eigenvalue weighted by Crippen LogP contribution is 2.18. The molecule has 0 N–H and O–H groups in total. The van der Waals surface area contributed by atoms with E-state index in [2.05, 4.69) is 51.1 Å². The normalized spacial score (nSPS) is 12.4. The second-order valence-electron chi connectivity index (χ2n) is 5.65. The summed E-state index contributed by atoms with van der Waals surface area (Å²) in [5, 5.41) is 8.34. The molecule has 0 bridgehead atoms. The van der Waals surface area contributed by atoms with Gasteiger partial charge in [-0.15, -0.1) is 5.10 Å². The molecule has 0 atom stereocenters. The molecule has 0 fully saturated rings. The van der Waals surface area contributed by atoms with E-state index in [4.69, 9.17) is 0 Å². The molecule has 3 nitrogen and oxygen atoms in total. The van der Waals surface area contributed by atoms with Gasteiger partial charge in [0.05, 0.1) is 5.69 Å². The number of aryl methyl sites for hydroxylation is 1. The fourth-order valence-corrected chi connectivity index (χ4v) is 1.41. The van der Waals surface area contributed by atoms with Crippen LogP contribution in [0.4, 0.5) is 0 Å². The molecule has 0 aromatic carbocycles. The minimum absolute atomic E-state index is 0.107. The van der Waals surface area contributed by atoms with Crippen molar-refractivity contribution in [1.82, 2.24) is 15.0 Å². The first kappa shape index (κ1) is 12.2. The van der Waals surface area contributed by atoms with Crippen LogP contribution >= 0.6 is 0 Å². The highest BCUT2D eigenvalue weighted by Gasteiger charge is 2.17. The van der Waals surface area contributed by atoms with Crippen LogP contribution in [0.25, 0.3) is 0 Å². The Hall–Kier alpha value is -0.860. The third-order valence-corrected chi connectivity index (χ3v) is 2.48. The van der Waals surface area contributed by atoms with Crippen LogP contribution in [-0.4, -0.2) is 15.0 Å². The number of aromatic nitrogens is 3. The van der Waals surface area contributed by atoms with Crippen molar-refractivity contribution in [3.8, 4) is 0 Å². The van der Waals surface area contributed by atoms with Crippen LogP contribution in [0.5, 0.6) is 0 Å². The van der Waals surface area contributed by atoms with E-state index in [0.717, 1.165) is 18.2 Å². The third-order valence-electron chi connectivity index (χ3n) is 2.48. The summed E-state index contributed by atoms with van der Waals surface area (Å²) in [6, 6.07) is 0. The largest absolute Gasteiger partial charge is 0.252 e. The van der Waals surface area contributed by atoms with Gasteiger partial charge in [-0.1, -0.05) is 39.8 Å². The molecule has 0 spiro atoms. The summed E-state index contributed by atoms with van der Waals surface area (Å²) in [6.45, 7) is 12.0. The van der Waals surface area contributed by atoms with Gasteiger partial charge in [-0.05, 0) is 18.8 Å². The highest BCUT2D eigenvalue weighted by molar-refractivity contribution is 5.06. The number of hydrogen-bond acceptors (Lipinski definition) is 2. The van der Waals surface area contributed by atoms with Crippen molar-refractivity contribution in [2.45, 2.75) is 59.4 Å². The molecule has 3 heteroatoms. The van der Waals surface area contributed by atoms with Gasteiger partial charge >= 0.3 is 0 Å². The Bertz CT molecular complexity index is 294. The van der Waals surface area contributed by atoms with Gasteiger partial charge in [0.25, 0.3) is 0 Å². The maximum Gasteiger partial charge on any atom is 0.0880 e. The van der Waals surface area contributed by atoms with Gasteiger partial charge < -0.3 is 0 Å². The SMILES string of the molecule is CC(C)CCCn1cc(C(C)(C)C)nn1. The molecule has 0 aliphatic heterocycles. The fraction of sp³-hybridized carbons (Fsp3) is 0.833. The molecule has 0 radical (unpaired) electrons. The second-order valence-corrected chi connectivity index (χ2v) is 5.65. The van der Waals surface area contributed by atoms with Gasteiger partial charge in [0.15, 0.2) is 0 Å². The van der Waals surface area contributed by atoms with Crippen LogP contribution in [0.3, 0.4) is 0 Å². The topological polar surface area (TPSA) is 30.7 Å². The molecule has 0 aliphatic rings. The Labute approximate surface area is 92.9 Å². The maximum atomic E-state index is 4.20. The third kappa shape index (κ3) is 4.02. The molecule has 0 aliphatic carbocycles. The lowest BCUT2D eigenvalue weighted by Gasteiger charge is -2.12. The lowest BCUT2D eigenvalue weighted by molar-refractivity contribution is 0.482. The lowest BCUT2D eigenvalue weighted by atomic mass is 9.93. The molecule has 0 saturated heterocycles. The van der Waals surface area contributed by atoms with E-state index in [-0.39, 0.29) is 5.41 Å². The Morgan fingerprint density at radius 1 is 1.33 bits per heavy atom. The van der Waals surface area contributed by atoms with E-state index < -0.39 is 0 Å². The van der Waals surface area contributed by atoms with Gasteiger partial charge in [-0.3, -0.25) is 4.68 Å². The zero-order chi connectivity index (χ0) is 11.5. The first-order valence-corrected chi connectivity index (χ1v) is 5.80. The van der Waals surface area contributed by atoms with Crippen molar-refractivity contribution in [3.63, 3.8) is 0 Å². The highest BCUT2D eigenvalue weighted by atomic mass is 15.4. The first-order valence-electron chi connectivity index (χ1n) is 5.80. The standard InChI is InChI=1S/C12H23N3/c1-10(2)7-6-8-15-9-11(13-14-15)12(3,4)5/h9-10H,6-8H2,1-5H3. The zero-order valence-electron chi connectivity index (χ0n) is 10.6. The van der Waals surface area contributed by atoms with Crippen molar-refractivity contribution in [3.05, 3.63) is 11.9 Å². The molecule has 1 rings (SSSR count). The van der Waals surface area contributed by atoms with E-state index in [9.17, 15) is 0 Å². The van der Waals surface area contributed by atoms with Gasteiger partial charge in [-0.2, -0.15) is 0 Å². The molecular weight excluding hydrogens is 186 g/mol. The predicted octanol–water partition coefficient (Wildman–Crippen LogP) is 3.01. The van der Waals surface area contributed by atoms with E-state index in [1.165, 1.54) is 12.8 Å². The Balaban J connectivity index is 2.47. The van der Waals surface area contributed by atoms with Gasteiger partial charge in [0.2, 0.25) is 0 Å². The van der Waals surface area contributed by atoms with Crippen LogP contribution in [0.1, 0.15) is 53.2 Å². The maximum absolute atomic E-state index is 4.20. The van der Waals surface area contributed by atoms with Crippen LogP contribution in [0.15, 0.2) is 6.20 Å². The summed E-state index contributed by atoms with van der Waals surface area (Å²) >= 11 is 0. The van der Waals surface area contributed by atoms with Gasteiger partial charge in [0.1, 0.15) is 0 Å². The van der Waals surface area contributed by atoms with Crippen LogP contribution in [0, 0.1) is 5.92 Å². The van der Waals surface area contributed by atoms with E-state index in [1.807, 2.05) is 4.68 Å². The monoisotopic (exact) mass is 209 g/mol. The molecule has 86 valence electrons. The number of hydrogen-bond donors (Lipinski definition) is 0. The molecule has 1 heterocycles. The Kier molecular flexibility index (Phi) is 3.89. The van der Waals surface area contributed by atoms with Crippen molar-refractivity contribution < 1.29 is 0 Å². The average Bonchev–Trinajstić information content (AvgIpc) is 2.51. The molecular formula is C12H23N3. The summed E-state index contributed by atoms with van der Waals surface area (Å²) in [6.07, 6.45) is 4.51. The van der Waals surface area contributed by atoms with Crippen LogP contribution in [0.2, 0.25) is 0 Å². The molecule has 0 unspecified atom stereocenters. The second kappa shape index (κ2) is 4.77. The lowest BCUT2D eigenvalue weighted by Crippen LogP contribution is -2.11. The Morgan fingerprint density at radius 3 is 2.47 bits per heavy atom. The molecule has 1 aromatic heterocycles. The summed E-state index contributed by atoms with van der Waals surface area (Å²) in [7, 11) is 0. The minimum atomic E-state index is 0.107. The minimum Gasteiger partial charge on any atom is -0.252 e. The van der Waals surface area contributed by atoms with E-state index in [0.29, 0.717) is 0 Å². The molecule has 1 aromatic rings. The predicted molar refractivity (Wildman–Crippen MR) is 62.8 cm³/mol. The quantitative estimate of drug-likeness (QED) is 0.763. The number of nitrogens with zero attached hydrogens (tertiary/aromatic N) is 3. The smallest absolute Gasteiger partial charge is 0.0880 e. The van der Waals surface area contributed by atoms with Crippen molar-refractivity contribution in [2.24, 2.45) is 5.92 Å². The molecule has 0 saturated carbocycles. The summed E-state index contributed by atoms with van der Waals surface area (Å²) in [5.74, 6) is 0.774. The zero-order valence-corrected chi connectivity index (χ0v) is 10.6. The van der Waals surface area contributed by atoms with E-state index in [1.54, 1.807) is 0 Å². The summed E-state index contributed by atoms with van der Waals surface area (Å²) in [4.78, 5) is 0. The van der Waals surface area contributed by atoms with Crippen molar-refractivity contribution >= 4 is 0 Å². The van der Waals surface area contributed by atoms with Gasteiger partial charge in [0, 0.05) is 18.2 Å². The Morgan fingerprint density at radius 2 is 2.00 bits per heavy atom. The molecule has 0 amide bonds. The number of rotatable bonds is 4. The molecule has 15 heavy (non-hydrogen) atoms. The van der Waals surface area contributed by atoms with Gasteiger partial charge in [-0.25, -0.2) is 0 Å². The average molecular weight is 209 g/mol. The van der Waals surface area contributed by atoms with Crippen LogP contribution < -0.4 is 0 Å². The van der Waals surface area contributed by atoms with Crippen LogP contribution in [-0.2, 0) is 12.0 Å². The van der Waals surface area contributed by atoms with Crippen molar-refractivity contribution in [2.75, 3.05) is 0 Å².